The minimum absolute atomic E-state index is 0.138. The number of hydrogen-bond donors (Lipinski definition) is 1. The number of benzene rings is 2. The van der Waals surface area contributed by atoms with E-state index < -0.39 is 5.82 Å². The van der Waals surface area contributed by atoms with Gasteiger partial charge in [0.2, 0.25) is 0 Å². The summed E-state index contributed by atoms with van der Waals surface area (Å²) in [5.74, 6) is -0.402. The van der Waals surface area contributed by atoms with Gasteiger partial charge < -0.3 is 5.32 Å². The van der Waals surface area contributed by atoms with Gasteiger partial charge in [-0.25, -0.2) is 4.39 Å². The van der Waals surface area contributed by atoms with Gasteiger partial charge in [0, 0.05) is 6.54 Å². The van der Waals surface area contributed by atoms with E-state index in [-0.39, 0.29) is 5.02 Å². The summed E-state index contributed by atoms with van der Waals surface area (Å²) in [5, 5.41) is 3.17. The molecule has 0 radical (unpaired) electrons. The minimum Gasteiger partial charge on any atom is -0.379 e. The topological polar surface area (TPSA) is 12.0 Å². The summed E-state index contributed by atoms with van der Waals surface area (Å²) in [6.45, 7) is 2.62. The van der Waals surface area contributed by atoms with Crippen LogP contribution in [0.5, 0.6) is 0 Å². The van der Waals surface area contributed by atoms with Gasteiger partial charge in [0.15, 0.2) is 5.82 Å². The van der Waals surface area contributed by atoms with Gasteiger partial charge in [0.05, 0.1) is 10.7 Å². The van der Waals surface area contributed by atoms with Gasteiger partial charge in [-0.2, -0.15) is 0 Å². The molecule has 88 valence electrons. The number of rotatable bonds is 3. The monoisotopic (exact) mass is 249 g/mol. The normalized spacial score (nSPS) is 10.3. The van der Waals surface area contributed by atoms with Crippen molar-refractivity contribution in [2.75, 3.05) is 5.32 Å². The fourth-order valence-electron chi connectivity index (χ4n) is 1.54. The Balaban J connectivity index is 2.07. The van der Waals surface area contributed by atoms with Crippen LogP contribution < -0.4 is 5.32 Å². The molecule has 0 unspecified atom stereocenters. The van der Waals surface area contributed by atoms with Crippen molar-refractivity contribution in [1.82, 2.24) is 0 Å². The maximum Gasteiger partial charge on any atom is 0.164 e. The summed E-state index contributed by atoms with van der Waals surface area (Å²) in [7, 11) is 0. The minimum atomic E-state index is -0.402. The third-order valence-electron chi connectivity index (χ3n) is 2.56. The highest BCUT2D eigenvalue weighted by Gasteiger charge is 2.05. The fourth-order valence-corrected chi connectivity index (χ4v) is 1.72. The van der Waals surface area contributed by atoms with E-state index in [0.29, 0.717) is 12.2 Å². The van der Waals surface area contributed by atoms with Gasteiger partial charge in [-0.1, -0.05) is 47.5 Å². The molecule has 2 aromatic rings. The van der Waals surface area contributed by atoms with Crippen LogP contribution in [0.1, 0.15) is 11.1 Å². The Morgan fingerprint density at radius 3 is 2.53 bits per heavy atom. The SMILES string of the molecule is Cc1ccc(CNc2cccc(Cl)c2F)cc1. The molecule has 0 bridgehead atoms. The molecule has 2 aromatic carbocycles. The number of nitrogens with one attached hydrogen (secondary N) is 1. The standard InChI is InChI=1S/C14H13ClFN/c1-10-5-7-11(8-6-10)9-17-13-4-2-3-12(15)14(13)16/h2-8,17H,9H2,1H3. The van der Waals surface area contributed by atoms with Crippen LogP contribution in [0.4, 0.5) is 10.1 Å². The summed E-state index contributed by atoms with van der Waals surface area (Å²) in [6, 6.07) is 13.0. The molecule has 0 aliphatic rings. The van der Waals surface area contributed by atoms with Crippen LogP contribution in [0.25, 0.3) is 0 Å². The van der Waals surface area contributed by atoms with Crippen LogP contribution in [0.3, 0.4) is 0 Å². The van der Waals surface area contributed by atoms with Crippen molar-refractivity contribution in [2.24, 2.45) is 0 Å². The summed E-state index contributed by atoms with van der Waals surface area (Å²) >= 11 is 5.70. The zero-order chi connectivity index (χ0) is 12.3. The average molecular weight is 250 g/mol. The average Bonchev–Trinajstić information content (AvgIpc) is 2.33. The Bertz CT molecular complexity index is 508. The molecular formula is C14H13ClFN. The summed E-state index contributed by atoms with van der Waals surface area (Å²) in [6.07, 6.45) is 0. The molecule has 0 amide bonds. The van der Waals surface area contributed by atoms with Gasteiger partial charge in [-0.15, -0.1) is 0 Å². The molecule has 0 spiro atoms. The molecule has 0 fully saturated rings. The fraction of sp³-hybridized carbons (Fsp3) is 0.143. The molecule has 1 N–H and O–H groups in total. The van der Waals surface area contributed by atoms with E-state index in [9.17, 15) is 4.39 Å². The van der Waals surface area contributed by atoms with Crippen LogP contribution in [0.15, 0.2) is 42.5 Å². The third-order valence-corrected chi connectivity index (χ3v) is 2.85. The first-order valence-corrected chi connectivity index (χ1v) is 5.78. The Hall–Kier alpha value is -1.54. The van der Waals surface area contributed by atoms with E-state index in [0.717, 1.165) is 5.56 Å². The van der Waals surface area contributed by atoms with Crippen LogP contribution in [-0.4, -0.2) is 0 Å². The molecule has 0 aliphatic carbocycles. The Morgan fingerprint density at radius 1 is 1.12 bits per heavy atom. The first-order valence-electron chi connectivity index (χ1n) is 5.40. The Labute approximate surface area is 105 Å². The van der Waals surface area contributed by atoms with Crippen molar-refractivity contribution < 1.29 is 4.39 Å². The molecule has 0 heterocycles. The summed E-state index contributed by atoms with van der Waals surface area (Å²) in [4.78, 5) is 0. The predicted octanol–water partition coefficient (Wildman–Crippen LogP) is 4.40. The second-order valence-electron chi connectivity index (χ2n) is 3.94. The second-order valence-corrected chi connectivity index (χ2v) is 4.35. The van der Waals surface area contributed by atoms with Crippen LogP contribution in [-0.2, 0) is 6.54 Å². The quantitative estimate of drug-likeness (QED) is 0.850. The van der Waals surface area contributed by atoms with E-state index >= 15 is 0 Å². The first kappa shape index (κ1) is 11.9. The lowest BCUT2D eigenvalue weighted by molar-refractivity contribution is 0.630. The summed E-state index contributed by atoms with van der Waals surface area (Å²) in [5.41, 5.74) is 2.75. The lowest BCUT2D eigenvalue weighted by atomic mass is 10.1. The van der Waals surface area contributed by atoms with Gasteiger partial charge in [0.1, 0.15) is 0 Å². The van der Waals surface area contributed by atoms with E-state index in [1.807, 2.05) is 31.2 Å². The van der Waals surface area contributed by atoms with Crippen molar-refractivity contribution in [3.63, 3.8) is 0 Å². The highest BCUT2D eigenvalue weighted by Crippen LogP contribution is 2.22. The van der Waals surface area contributed by atoms with Gasteiger partial charge in [-0.05, 0) is 24.6 Å². The number of hydrogen-bond acceptors (Lipinski definition) is 1. The smallest absolute Gasteiger partial charge is 0.164 e. The maximum absolute atomic E-state index is 13.6. The molecular weight excluding hydrogens is 237 g/mol. The largest absolute Gasteiger partial charge is 0.379 e. The molecule has 3 heteroatoms. The lowest BCUT2D eigenvalue weighted by Crippen LogP contribution is -2.01. The molecule has 0 saturated carbocycles. The highest BCUT2D eigenvalue weighted by atomic mass is 35.5. The number of aryl methyl sites for hydroxylation is 1. The van der Waals surface area contributed by atoms with Gasteiger partial charge in [0.25, 0.3) is 0 Å². The maximum atomic E-state index is 13.6. The zero-order valence-electron chi connectivity index (χ0n) is 9.50. The number of anilines is 1. The lowest BCUT2D eigenvalue weighted by Gasteiger charge is -2.08. The zero-order valence-corrected chi connectivity index (χ0v) is 10.3. The Kier molecular flexibility index (Phi) is 3.64. The van der Waals surface area contributed by atoms with Crippen LogP contribution >= 0.6 is 11.6 Å². The highest BCUT2D eigenvalue weighted by molar-refractivity contribution is 6.31. The summed E-state index contributed by atoms with van der Waals surface area (Å²) < 4.78 is 13.6. The van der Waals surface area contributed by atoms with E-state index in [2.05, 4.69) is 5.32 Å². The van der Waals surface area contributed by atoms with Crippen molar-refractivity contribution in [1.29, 1.82) is 0 Å². The van der Waals surface area contributed by atoms with Gasteiger partial charge >= 0.3 is 0 Å². The van der Waals surface area contributed by atoms with E-state index in [4.69, 9.17) is 11.6 Å². The number of halogens is 2. The molecule has 0 atom stereocenters. The van der Waals surface area contributed by atoms with E-state index in [1.54, 1.807) is 12.1 Å². The predicted molar refractivity (Wildman–Crippen MR) is 69.9 cm³/mol. The molecule has 1 nitrogen and oxygen atoms in total. The molecule has 2 rings (SSSR count). The van der Waals surface area contributed by atoms with Crippen LogP contribution in [0.2, 0.25) is 5.02 Å². The molecule has 17 heavy (non-hydrogen) atoms. The van der Waals surface area contributed by atoms with Crippen molar-refractivity contribution in [3.05, 3.63) is 64.4 Å². The Morgan fingerprint density at radius 2 is 1.82 bits per heavy atom. The van der Waals surface area contributed by atoms with Crippen LogP contribution in [0, 0.1) is 12.7 Å². The molecule has 0 aromatic heterocycles. The van der Waals surface area contributed by atoms with Crippen molar-refractivity contribution >= 4 is 17.3 Å². The van der Waals surface area contributed by atoms with Gasteiger partial charge in [-0.3, -0.25) is 0 Å². The molecule has 0 saturated heterocycles. The van der Waals surface area contributed by atoms with Crippen molar-refractivity contribution in [3.8, 4) is 0 Å². The molecule has 0 aliphatic heterocycles. The second kappa shape index (κ2) is 5.19. The van der Waals surface area contributed by atoms with Crippen molar-refractivity contribution in [2.45, 2.75) is 13.5 Å². The third kappa shape index (κ3) is 2.98. The first-order chi connectivity index (χ1) is 8.16. The van der Waals surface area contributed by atoms with E-state index in [1.165, 1.54) is 11.6 Å².